The highest BCUT2D eigenvalue weighted by molar-refractivity contribution is 5.23. The maximum atomic E-state index is 13.6. The Kier molecular flexibility index (Phi) is 4.90. The Morgan fingerprint density at radius 3 is 2.38 bits per heavy atom. The summed E-state index contributed by atoms with van der Waals surface area (Å²) in [4.78, 5) is 0. The zero-order valence-electron chi connectivity index (χ0n) is 10.0. The molecule has 0 saturated carbocycles. The van der Waals surface area contributed by atoms with Gasteiger partial charge in [-0.1, -0.05) is 19.1 Å². The predicted molar refractivity (Wildman–Crippen MR) is 65.6 cm³/mol. The van der Waals surface area contributed by atoms with Crippen molar-refractivity contribution in [3.63, 3.8) is 0 Å². The zero-order valence-corrected chi connectivity index (χ0v) is 10.0. The Balaban J connectivity index is 2.72. The van der Waals surface area contributed by atoms with Crippen molar-refractivity contribution in [1.82, 2.24) is 0 Å². The van der Waals surface area contributed by atoms with E-state index >= 15 is 0 Å². The van der Waals surface area contributed by atoms with Gasteiger partial charge in [0.05, 0.1) is 0 Å². The molecule has 0 heterocycles. The number of halogens is 1. The number of benzene rings is 1. The van der Waals surface area contributed by atoms with Crippen molar-refractivity contribution >= 4 is 0 Å². The molecule has 4 N–H and O–H groups in total. The van der Waals surface area contributed by atoms with Gasteiger partial charge in [-0.3, -0.25) is 0 Å². The third kappa shape index (κ3) is 3.29. The lowest BCUT2D eigenvalue weighted by atomic mass is 9.88. The maximum absolute atomic E-state index is 13.6. The molecule has 90 valence electrons. The zero-order chi connectivity index (χ0) is 12.1. The van der Waals surface area contributed by atoms with Gasteiger partial charge < -0.3 is 11.5 Å². The minimum atomic E-state index is -0.125. The van der Waals surface area contributed by atoms with Crippen LogP contribution < -0.4 is 11.5 Å². The molecular formula is C13H21FN2. The molecule has 1 rings (SSSR count). The molecule has 1 atom stereocenters. The van der Waals surface area contributed by atoms with Crippen LogP contribution in [0, 0.1) is 24.6 Å². The molecule has 0 radical (unpaired) electrons. The summed E-state index contributed by atoms with van der Waals surface area (Å²) in [5.41, 5.74) is 13.0. The van der Waals surface area contributed by atoms with Gasteiger partial charge in [-0.15, -0.1) is 0 Å². The van der Waals surface area contributed by atoms with Crippen LogP contribution in [0.2, 0.25) is 0 Å². The van der Waals surface area contributed by atoms with Crippen molar-refractivity contribution < 1.29 is 4.39 Å². The highest BCUT2D eigenvalue weighted by Gasteiger charge is 2.16. The minimum absolute atomic E-state index is 0.125. The number of hydrogen-bond donors (Lipinski definition) is 2. The van der Waals surface area contributed by atoms with Gasteiger partial charge in [0.25, 0.3) is 0 Å². The van der Waals surface area contributed by atoms with E-state index in [1.54, 1.807) is 6.07 Å². The molecular weight excluding hydrogens is 203 g/mol. The van der Waals surface area contributed by atoms with E-state index in [4.69, 9.17) is 11.5 Å². The lowest BCUT2D eigenvalue weighted by molar-refractivity contribution is 0.368. The van der Waals surface area contributed by atoms with Crippen molar-refractivity contribution in [3.8, 4) is 0 Å². The quantitative estimate of drug-likeness (QED) is 0.802. The van der Waals surface area contributed by atoms with Crippen LogP contribution >= 0.6 is 0 Å². The van der Waals surface area contributed by atoms with E-state index < -0.39 is 0 Å². The van der Waals surface area contributed by atoms with E-state index in [1.807, 2.05) is 19.1 Å². The van der Waals surface area contributed by atoms with Crippen molar-refractivity contribution in [2.75, 3.05) is 13.1 Å². The van der Waals surface area contributed by atoms with Crippen molar-refractivity contribution in [2.45, 2.75) is 20.3 Å². The molecule has 3 heteroatoms. The second-order valence-corrected chi connectivity index (χ2v) is 4.51. The fourth-order valence-electron chi connectivity index (χ4n) is 1.89. The van der Waals surface area contributed by atoms with E-state index in [0.717, 1.165) is 11.1 Å². The van der Waals surface area contributed by atoms with Crippen LogP contribution in [0.3, 0.4) is 0 Å². The topological polar surface area (TPSA) is 52.0 Å². The molecule has 0 aromatic heterocycles. The van der Waals surface area contributed by atoms with Gasteiger partial charge in [0.2, 0.25) is 0 Å². The van der Waals surface area contributed by atoms with Gasteiger partial charge in [0, 0.05) is 0 Å². The SMILES string of the molecule is Cc1ccc(CC(C)C(CN)CN)c(F)c1. The molecule has 0 saturated heterocycles. The third-order valence-electron chi connectivity index (χ3n) is 3.16. The molecule has 2 nitrogen and oxygen atoms in total. The highest BCUT2D eigenvalue weighted by Crippen LogP contribution is 2.19. The average molecular weight is 224 g/mol. The molecule has 0 amide bonds. The summed E-state index contributed by atoms with van der Waals surface area (Å²) in [6.07, 6.45) is 0.700. The lowest BCUT2D eigenvalue weighted by Crippen LogP contribution is -2.30. The van der Waals surface area contributed by atoms with Crippen molar-refractivity contribution in [1.29, 1.82) is 0 Å². The van der Waals surface area contributed by atoms with Gasteiger partial charge in [-0.25, -0.2) is 4.39 Å². The van der Waals surface area contributed by atoms with Crippen LogP contribution in [-0.2, 0) is 6.42 Å². The molecule has 0 aliphatic heterocycles. The molecule has 0 aliphatic carbocycles. The standard InChI is InChI=1S/C13H21FN2/c1-9-3-4-11(13(14)5-9)6-10(2)12(7-15)8-16/h3-5,10,12H,6-8,15-16H2,1-2H3. The summed E-state index contributed by atoms with van der Waals surface area (Å²) in [6.45, 7) is 5.08. The number of aryl methyl sites for hydroxylation is 1. The van der Waals surface area contributed by atoms with Crippen LogP contribution in [0.4, 0.5) is 4.39 Å². The molecule has 1 unspecified atom stereocenters. The van der Waals surface area contributed by atoms with E-state index in [9.17, 15) is 4.39 Å². The summed E-state index contributed by atoms with van der Waals surface area (Å²) >= 11 is 0. The summed E-state index contributed by atoms with van der Waals surface area (Å²) in [6, 6.07) is 5.36. The van der Waals surface area contributed by atoms with Crippen LogP contribution in [-0.4, -0.2) is 13.1 Å². The molecule has 0 fully saturated rings. The van der Waals surface area contributed by atoms with Gasteiger partial charge in [0.1, 0.15) is 5.82 Å². The fraction of sp³-hybridized carbons (Fsp3) is 0.538. The molecule has 0 spiro atoms. The van der Waals surface area contributed by atoms with Crippen molar-refractivity contribution in [2.24, 2.45) is 23.3 Å². The molecule has 0 bridgehead atoms. The number of nitrogens with two attached hydrogens (primary N) is 2. The highest BCUT2D eigenvalue weighted by atomic mass is 19.1. The smallest absolute Gasteiger partial charge is 0.126 e. The average Bonchev–Trinajstić information content (AvgIpc) is 2.24. The Labute approximate surface area is 96.8 Å². The number of hydrogen-bond acceptors (Lipinski definition) is 2. The van der Waals surface area contributed by atoms with Gasteiger partial charge >= 0.3 is 0 Å². The molecule has 1 aromatic rings. The predicted octanol–water partition coefficient (Wildman–Crippen LogP) is 1.85. The van der Waals surface area contributed by atoms with Crippen LogP contribution in [0.1, 0.15) is 18.1 Å². The van der Waals surface area contributed by atoms with Gasteiger partial charge in [0.15, 0.2) is 0 Å². The monoisotopic (exact) mass is 224 g/mol. The second-order valence-electron chi connectivity index (χ2n) is 4.51. The maximum Gasteiger partial charge on any atom is 0.126 e. The summed E-state index contributed by atoms with van der Waals surface area (Å²) in [7, 11) is 0. The van der Waals surface area contributed by atoms with Crippen molar-refractivity contribution in [3.05, 3.63) is 35.1 Å². The Morgan fingerprint density at radius 2 is 1.88 bits per heavy atom. The molecule has 0 aliphatic rings. The summed E-state index contributed by atoms with van der Waals surface area (Å²) in [5, 5.41) is 0. The first-order valence-electron chi connectivity index (χ1n) is 5.73. The van der Waals surface area contributed by atoms with E-state index in [-0.39, 0.29) is 11.7 Å². The van der Waals surface area contributed by atoms with Crippen LogP contribution in [0.5, 0.6) is 0 Å². The van der Waals surface area contributed by atoms with E-state index in [1.165, 1.54) is 0 Å². The van der Waals surface area contributed by atoms with Crippen LogP contribution in [0.15, 0.2) is 18.2 Å². The minimum Gasteiger partial charge on any atom is -0.330 e. The number of rotatable bonds is 5. The first kappa shape index (κ1) is 13.1. The van der Waals surface area contributed by atoms with E-state index in [2.05, 4.69) is 6.92 Å². The lowest BCUT2D eigenvalue weighted by Gasteiger charge is -2.21. The summed E-state index contributed by atoms with van der Waals surface area (Å²) < 4.78 is 13.6. The molecule has 16 heavy (non-hydrogen) atoms. The Bertz CT molecular complexity index is 335. The first-order chi connectivity index (χ1) is 7.58. The summed E-state index contributed by atoms with van der Waals surface area (Å²) in [5.74, 6) is 0.451. The van der Waals surface area contributed by atoms with E-state index in [0.29, 0.717) is 25.4 Å². The molecule has 1 aromatic carbocycles. The normalized spacial score (nSPS) is 13.1. The first-order valence-corrected chi connectivity index (χ1v) is 5.73. The Hall–Kier alpha value is -0.930. The van der Waals surface area contributed by atoms with Crippen LogP contribution in [0.25, 0.3) is 0 Å². The second kappa shape index (κ2) is 5.97. The Morgan fingerprint density at radius 1 is 1.25 bits per heavy atom. The van der Waals surface area contributed by atoms with Gasteiger partial charge in [-0.2, -0.15) is 0 Å². The fourth-order valence-corrected chi connectivity index (χ4v) is 1.89. The van der Waals surface area contributed by atoms with Gasteiger partial charge in [-0.05, 0) is 55.5 Å². The largest absolute Gasteiger partial charge is 0.330 e. The third-order valence-corrected chi connectivity index (χ3v) is 3.16.